The fraction of sp³-hybridized carbons (Fsp3) is 0.786. The molecule has 0 saturated heterocycles. The van der Waals surface area contributed by atoms with Crippen molar-refractivity contribution < 1.29 is 4.74 Å². The van der Waals surface area contributed by atoms with Gasteiger partial charge in [-0.3, -0.25) is 0 Å². The van der Waals surface area contributed by atoms with Crippen LogP contribution in [-0.4, -0.2) is 17.6 Å². The van der Waals surface area contributed by atoms with E-state index in [0.717, 1.165) is 30.2 Å². The van der Waals surface area contributed by atoms with E-state index in [-0.39, 0.29) is 11.6 Å². The fourth-order valence-corrected chi connectivity index (χ4v) is 3.75. The van der Waals surface area contributed by atoms with Crippen molar-refractivity contribution in [3.63, 3.8) is 0 Å². The quantitative estimate of drug-likeness (QED) is 0.890. The number of nitrogens with zero attached hydrogens (tertiary/aromatic N) is 1. The summed E-state index contributed by atoms with van der Waals surface area (Å²) in [7, 11) is 0. The van der Waals surface area contributed by atoms with Gasteiger partial charge in [0.25, 0.3) is 0 Å². The Kier molecular flexibility index (Phi) is 4.41. The molecule has 0 aliphatic heterocycles. The third-order valence-electron chi connectivity index (χ3n) is 4.00. The minimum Gasteiger partial charge on any atom is -0.368 e. The summed E-state index contributed by atoms with van der Waals surface area (Å²) in [6.45, 7) is 7.01. The number of thiazole rings is 1. The summed E-state index contributed by atoms with van der Waals surface area (Å²) >= 11 is 1.74. The van der Waals surface area contributed by atoms with E-state index in [4.69, 9.17) is 15.5 Å². The topological polar surface area (TPSA) is 48.1 Å². The highest BCUT2D eigenvalue weighted by Crippen LogP contribution is 2.43. The molecule has 1 fully saturated rings. The molecule has 0 amide bonds. The van der Waals surface area contributed by atoms with E-state index in [1.165, 1.54) is 12.8 Å². The molecule has 1 aliphatic rings. The lowest BCUT2D eigenvalue weighted by molar-refractivity contribution is -0.0392. The molecule has 1 aromatic rings. The number of rotatable bonds is 5. The van der Waals surface area contributed by atoms with Crippen LogP contribution in [0, 0.1) is 0 Å². The van der Waals surface area contributed by atoms with Crippen LogP contribution in [0.5, 0.6) is 0 Å². The van der Waals surface area contributed by atoms with Crippen LogP contribution in [0.3, 0.4) is 0 Å². The Morgan fingerprint density at radius 2 is 2.11 bits per heavy atom. The lowest BCUT2D eigenvalue weighted by Crippen LogP contribution is -2.27. The van der Waals surface area contributed by atoms with Crippen molar-refractivity contribution in [3.8, 4) is 0 Å². The van der Waals surface area contributed by atoms with Gasteiger partial charge in [-0.05, 0) is 26.7 Å². The Labute approximate surface area is 114 Å². The van der Waals surface area contributed by atoms with E-state index >= 15 is 0 Å². The van der Waals surface area contributed by atoms with Crippen LogP contribution in [0.4, 0.5) is 0 Å². The smallest absolute Gasteiger partial charge is 0.125 e. The van der Waals surface area contributed by atoms with Crippen LogP contribution >= 0.6 is 11.3 Å². The standard InChI is InChI=1S/C14H24N2OS/c1-4-17-14(7-5-6-8-14)13-16-12(9-18-13)10(2)11(3)15/h9-11H,4-8,15H2,1-3H3. The van der Waals surface area contributed by atoms with Crippen LogP contribution in [0.1, 0.15) is 63.1 Å². The molecule has 0 bridgehead atoms. The maximum Gasteiger partial charge on any atom is 0.125 e. The van der Waals surface area contributed by atoms with Gasteiger partial charge < -0.3 is 10.5 Å². The second kappa shape index (κ2) is 5.68. The molecule has 0 aromatic carbocycles. The van der Waals surface area contributed by atoms with Gasteiger partial charge in [0.05, 0.1) is 5.69 Å². The number of hydrogen-bond acceptors (Lipinski definition) is 4. The Bertz CT molecular complexity index is 383. The highest BCUT2D eigenvalue weighted by atomic mass is 32.1. The van der Waals surface area contributed by atoms with Crippen LogP contribution in [0.2, 0.25) is 0 Å². The molecule has 2 atom stereocenters. The highest BCUT2D eigenvalue weighted by molar-refractivity contribution is 7.09. The van der Waals surface area contributed by atoms with Gasteiger partial charge in [-0.15, -0.1) is 11.3 Å². The lowest BCUT2D eigenvalue weighted by Gasteiger charge is -2.26. The van der Waals surface area contributed by atoms with Gasteiger partial charge in [-0.25, -0.2) is 4.98 Å². The monoisotopic (exact) mass is 268 g/mol. The highest BCUT2D eigenvalue weighted by Gasteiger charge is 2.39. The summed E-state index contributed by atoms with van der Waals surface area (Å²) in [4.78, 5) is 4.82. The average molecular weight is 268 g/mol. The van der Waals surface area contributed by atoms with Crippen molar-refractivity contribution in [3.05, 3.63) is 16.1 Å². The molecule has 18 heavy (non-hydrogen) atoms. The SMILES string of the molecule is CCOC1(c2nc(C(C)C(C)N)cs2)CCCC1. The molecule has 1 aromatic heterocycles. The van der Waals surface area contributed by atoms with Gasteiger partial charge in [-0.2, -0.15) is 0 Å². The zero-order chi connectivity index (χ0) is 13.2. The number of nitrogens with two attached hydrogens (primary N) is 1. The summed E-state index contributed by atoms with van der Waals surface area (Å²) < 4.78 is 6.05. The van der Waals surface area contributed by atoms with Gasteiger partial charge in [-0.1, -0.05) is 19.8 Å². The zero-order valence-corrected chi connectivity index (χ0v) is 12.4. The second-order valence-electron chi connectivity index (χ2n) is 5.36. The molecule has 2 unspecified atom stereocenters. The van der Waals surface area contributed by atoms with Gasteiger partial charge in [0, 0.05) is 23.9 Å². The first-order valence-electron chi connectivity index (χ1n) is 6.94. The molecular weight excluding hydrogens is 244 g/mol. The van der Waals surface area contributed by atoms with E-state index in [1.54, 1.807) is 11.3 Å². The Balaban J connectivity index is 2.22. The van der Waals surface area contributed by atoms with Gasteiger partial charge in [0.1, 0.15) is 10.6 Å². The lowest BCUT2D eigenvalue weighted by atomic mass is 10.0. The Morgan fingerprint density at radius 1 is 1.44 bits per heavy atom. The van der Waals surface area contributed by atoms with Crippen LogP contribution < -0.4 is 5.73 Å². The molecular formula is C14H24N2OS. The van der Waals surface area contributed by atoms with E-state index in [0.29, 0.717) is 5.92 Å². The molecule has 3 nitrogen and oxygen atoms in total. The predicted molar refractivity (Wildman–Crippen MR) is 76.0 cm³/mol. The van der Waals surface area contributed by atoms with E-state index in [9.17, 15) is 0 Å². The minimum atomic E-state index is -0.102. The summed E-state index contributed by atoms with van der Waals surface area (Å²) in [6, 6.07) is 0.145. The average Bonchev–Trinajstić information content (AvgIpc) is 2.96. The van der Waals surface area contributed by atoms with Crippen molar-refractivity contribution in [1.82, 2.24) is 4.98 Å². The number of ether oxygens (including phenoxy) is 1. The molecule has 4 heteroatoms. The second-order valence-corrected chi connectivity index (χ2v) is 6.22. The fourth-order valence-electron chi connectivity index (χ4n) is 2.62. The van der Waals surface area contributed by atoms with Crippen molar-refractivity contribution >= 4 is 11.3 Å². The maximum atomic E-state index is 6.05. The molecule has 2 N–H and O–H groups in total. The Morgan fingerprint density at radius 3 is 2.67 bits per heavy atom. The third-order valence-corrected chi connectivity index (χ3v) is 5.04. The summed E-state index contributed by atoms with van der Waals surface area (Å²) in [5.74, 6) is 0.315. The number of aromatic nitrogens is 1. The molecule has 1 heterocycles. The van der Waals surface area contributed by atoms with E-state index in [1.807, 2.05) is 6.92 Å². The van der Waals surface area contributed by atoms with Crippen LogP contribution in [0.15, 0.2) is 5.38 Å². The van der Waals surface area contributed by atoms with Crippen LogP contribution in [-0.2, 0) is 10.3 Å². The largest absolute Gasteiger partial charge is 0.368 e. The predicted octanol–water partition coefficient (Wildman–Crippen LogP) is 3.40. The van der Waals surface area contributed by atoms with Gasteiger partial charge >= 0.3 is 0 Å². The van der Waals surface area contributed by atoms with E-state index in [2.05, 4.69) is 19.2 Å². The van der Waals surface area contributed by atoms with Gasteiger partial charge in [0.15, 0.2) is 0 Å². The summed E-state index contributed by atoms with van der Waals surface area (Å²) in [5.41, 5.74) is 6.97. The summed E-state index contributed by atoms with van der Waals surface area (Å²) in [5, 5.41) is 3.31. The van der Waals surface area contributed by atoms with Crippen LogP contribution in [0.25, 0.3) is 0 Å². The minimum absolute atomic E-state index is 0.102. The molecule has 1 saturated carbocycles. The van der Waals surface area contributed by atoms with E-state index < -0.39 is 0 Å². The van der Waals surface area contributed by atoms with Crippen molar-refractivity contribution in [2.45, 2.75) is 64.0 Å². The summed E-state index contributed by atoms with van der Waals surface area (Å²) in [6.07, 6.45) is 4.72. The molecule has 102 valence electrons. The molecule has 0 spiro atoms. The van der Waals surface area contributed by atoms with Gasteiger partial charge in [0.2, 0.25) is 0 Å². The normalized spacial score (nSPS) is 22.0. The Hall–Kier alpha value is -0.450. The first kappa shape index (κ1) is 14.0. The van der Waals surface area contributed by atoms with Crippen molar-refractivity contribution in [2.75, 3.05) is 6.61 Å². The zero-order valence-electron chi connectivity index (χ0n) is 11.6. The third kappa shape index (κ3) is 2.60. The van der Waals surface area contributed by atoms with Crippen molar-refractivity contribution in [1.29, 1.82) is 0 Å². The molecule has 0 radical (unpaired) electrons. The first-order chi connectivity index (χ1) is 8.59. The molecule has 2 rings (SSSR count). The van der Waals surface area contributed by atoms with Crippen molar-refractivity contribution in [2.24, 2.45) is 5.73 Å². The maximum absolute atomic E-state index is 6.05. The first-order valence-corrected chi connectivity index (χ1v) is 7.82. The number of hydrogen-bond donors (Lipinski definition) is 1. The molecule has 1 aliphatic carbocycles.